The number of aromatic nitrogens is 4. The monoisotopic (exact) mass is 497 g/mol. The number of carbonyl (C=O) groups excluding carboxylic acids is 3. The van der Waals surface area contributed by atoms with E-state index in [1.807, 2.05) is 0 Å². The smallest absolute Gasteiger partial charge is 0.280 e. The number of methoxy groups -OCH3 is 1. The lowest BCUT2D eigenvalue weighted by molar-refractivity contribution is -0.116. The van der Waals surface area contributed by atoms with Crippen LogP contribution in [0.15, 0.2) is 29.2 Å². The summed E-state index contributed by atoms with van der Waals surface area (Å²) in [4.78, 5) is 57.6. The van der Waals surface area contributed by atoms with Gasteiger partial charge in [0.15, 0.2) is 5.69 Å². The highest BCUT2D eigenvalue weighted by atomic mass is 19.1. The molecule has 2 aliphatic rings. The van der Waals surface area contributed by atoms with Gasteiger partial charge in [0.05, 0.1) is 31.0 Å². The minimum atomic E-state index is -0.566. The molecule has 2 N–H and O–H groups in total. The van der Waals surface area contributed by atoms with Gasteiger partial charge in [-0.05, 0) is 31.9 Å². The van der Waals surface area contributed by atoms with E-state index in [4.69, 9.17) is 4.74 Å². The van der Waals surface area contributed by atoms with Crippen molar-refractivity contribution in [3.8, 4) is 0 Å². The summed E-state index contributed by atoms with van der Waals surface area (Å²) < 4.78 is 20.8. The summed E-state index contributed by atoms with van der Waals surface area (Å²) in [5.74, 6) is -1.88. The summed E-state index contributed by atoms with van der Waals surface area (Å²) in [5.41, 5.74) is -0.194. The fraction of sp³-hybridized carbons (Fsp3) is 0.391. The number of hydrogen-bond acceptors (Lipinski definition) is 7. The molecule has 3 amide bonds. The molecule has 1 saturated carbocycles. The second-order valence-electron chi connectivity index (χ2n) is 8.91. The van der Waals surface area contributed by atoms with E-state index in [1.54, 1.807) is 6.92 Å². The Labute approximate surface area is 204 Å². The van der Waals surface area contributed by atoms with Crippen molar-refractivity contribution in [2.45, 2.75) is 44.9 Å². The fourth-order valence-electron chi connectivity index (χ4n) is 4.21. The summed E-state index contributed by atoms with van der Waals surface area (Å²) in [5, 5.41) is 9.56. The molecule has 3 aromatic rings. The van der Waals surface area contributed by atoms with Crippen molar-refractivity contribution in [3.63, 3.8) is 0 Å². The van der Waals surface area contributed by atoms with Crippen LogP contribution in [0.4, 0.5) is 10.2 Å². The predicted molar refractivity (Wildman–Crippen MR) is 124 cm³/mol. The molecule has 0 spiro atoms. The van der Waals surface area contributed by atoms with Gasteiger partial charge in [-0.1, -0.05) is 0 Å². The van der Waals surface area contributed by atoms with Crippen molar-refractivity contribution in [1.82, 2.24) is 29.4 Å². The van der Waals surface area contributed by atoms with Crippen LogP contribution in [0.25, 0.3) is 5.65 Å². The Morgan fingerprint density at radius 1 is 1.28 bits per heavy atom. The molecule has 4 heterocycles. The number of fused-ring (bicyclic) bond motifs is 2. The normalized spacial score (nSPS) is 15.8. The molecule has 0 saturated heterocycles. The number of amides is 3. The van der Waals surface area contributed by atoms with Gasteiger partial charge in [0.25, 0.3) is 17.4 Å². The molecule has 0 aromatic carbocycles. The Hall–Kier alpha value is -4.13. The quantitative estimate of drug-likeness (QED) is 0.463. The van der Waals surface area contributed by atoms with E-state index in [9.17, 15) is 23.6 Å². The van der Waals surface area contributed by atoms with Crippen LogP contribution < -0.4 is 16.2 Å². The summed E-state index contributed by atoms with van der Waals surface area (Å²) >= 11 is 0. The molecule has 1 unspecified atom stereocenters. The zero-order valence-corrected chi connectivity index (χ0v) is 19.7. The van der Waals surface area contributed by atoms with Crippen LogP contribution >= 0.6 is 0 Å². The lowest BCUT2D eigenvalue weighted by Crippen LogP contribution is -2.37. The van der Waals surface area contributed by atoms with Crippen LogP contribution in [0.3, 0.4) is 0 Å². The predicted octanol–water partition coefficient (Wildman–Crippen LogP) is 0.552. The van der Waals surface area contributed by atoms with Crippen molar-refractivity contribution in [1.29, 1.82) is 0 Å². The minimum absolute atomic E-state index is 0.00842. The zero-order chi connectivity index (χ0) is 25.6. The van der Waals surface area contributed by atoms with Crippen molar-refractivity contribution in [2.24, 2.45) is 0 Å². The Bertz CT molecular complexity index is 1430. The second kappa shape index (κ2) is 9.15. The lowest BCUT2D eigenvalue weighted by atomic mass is 10.2. The number of carbonyl (C=O) groups is 3. The maximum Gasteiger partial charge on any atom is 0.280 e. The van der Waals surface area contributed by atoms with Crippen molar-refractivity contribution in [3.05, 3.63) is 57.5 Å². The minimum Gasteiger partial charge on any atom is -0.383 e. The third-order valence-electron chi connectivity index (χ3n) is 6.15. The molecule has 188 valence electrons. The first-order valence-electron chi connectivity index (χ1n) is 11.4. The highest BCUT2D eigenvalue weighted by Gasteiger charge is 2.37. The number of ether oxygens (including phenoxy) is 1. The molecule has 1 aliphatic carbocycles. The van der Waals surface area contributed by atoms with Crippen LogP contribution in [0.2, 0.25) is 0 Å². The number of halogens is 1. The Morgan fingerprint density at radius 3 is 2.72 bits per heavy atom. The van der Waals surface area contributed by atoms with Gasteiger partial charge in [-0.2, -0.15) is 9.61 Å². The summed E-state index contributed by atoms with van der Waals surface area (Å²) in [7, 11) is 1.51. The van der Waals surface area contributed by atoms with Gasteiger partial charge in [-0.3, -0.25) is 19.2 Å². The number of nitrogens with zero attached hydrogens (tertiary/aromatic N) is 5. The molecular weight excluding hydrogens is 473 g/mol. The Balaban J connectivity index is 1.56. The molecule has 1 fully saturated rings. The van der Waals surface area contributed by atoms with Crippen LogP contribution in [-0.4, -0.2) is 67.6 Å². The summed E-state index contributed by atoms with van der Waals surface area (Å²) in [6.45, 7) is 1.69. The molecule has 13 heteroatoms. The van der Waals surface area contributed by atoms with E-state index in [1.165, 1.54) is 28.7 Å². The van der Waals surface area contributed by atoms with E-state index in [0.29, 0.717) is 0 Å². The second-order valence-corrected chi connectivity index (χ2v) is 8.91. The van der Waals surface area contributed by atoms with Gasteiger partial charge < -0.3 is 24.8 Å². The highest BCUT2D eigenvalue weighted by Crippen LogP contribution is 2.25. The average Bonchev–Trinajstić information content (AvgIpc) is 3.42. The van der Waals surface area contributed by atoms with Gasteiger partial charge in [0.1, 0.15) is 29.5 Å². The van der Waals surface area contributed by atoms with E-state index in [2.05, 4.69) is 20.7 Å². The van der Waals surface area contributed by atoms with Gasteiger partial charge in [0.2, 0.25) is 5.91 Å². The van der Waals surface area contributed by atoms with Crippen LogP contribution in [0.5, 0.6) is 0 Å². The average molecular weight is 497 g/mol. The maximum absolute atomic E-state index is 13.4. The number of anilines is 1. The van der Waals surface area contributed by atoms with Crippen LogP contribution in [-0.2, 0) is 22.6 Å². The topological polar surface area (TPSA) is 140 Å². The van der Waals surface area contributed by atoms with Crippen molar-refractivity contribution < 1.29 is 23.5 Å². The SMILES string of the molecule is COCC(C)N1Cc2c(n(CC(=O)Nc3ccc(F)cn3)c3cc(C(=O)NC4CC4)nn3c2=O)C1=O. The van der Waals surface area contributed by atoms with Gasteiger partial charge >= 0.3 is 0 Å². The number of nitrogens with one attached hydrogen (secondary N) is 2. The van der Waals surface area contributed by atoms with E-state index < -0.39 is 29.1 Å². The Kier molecular flexibility index (Phi) is 6.00. The fourth-order valence-corrected chi connectivity index (χ4v) is 4.21. The first-order valence-corrected chi connectivity index (χ1v) is 11.4. The summed E-state index contributed by atoms with van der Waals surface area (Å²) in [6, 6.07) is 3.59. The largest absolute Gasteiger partial charge is 0.383 e. The molecular formula is C23H24FN7O5. The lowest BCUT2D eigenvalue weighted by Gasteiger charge is -2.23. The number of rotatable bonds is 8. The van der Waals surface area contributed by atoms with E-state index >= 15 is 0 Å². The third-order valence-corrected chi connectivity index (χ3v) is 6.15. The van der Waals surface area contributed by atoms with Crippen LogP contribution in [0, 0.1) is 5.82 Å². The molecule has 0 radical (unpaired) electrons. The third kappa shape index (κ3) is 4.33. The maximum atomic E-state index is 13.4. The number of hydrogen-bond donors (Lipinski definition) is 2. The zero-order valence-electron chi connectivity index (χ0n) is 19.7. The first-order chi connectivity index (χ1) is 17.3. The molecule has 0 bridgehead atoms. The van der Waals surface area contributed by atoms with E-state index in [0.717, 1.165) is 29.6 Å². The van der Waals surface area contributed by atoms with Crippen molar-refractivity contribution in [2.75, 3.05) is 19.0 Å². The molecule has 1 atom stereocenters. The van der Waals surface area contributed by atoms with Crippen molar-refractivity contribution >= 4 is 29.2 Å². The van der Waals surface area contributed by atoms with Gasteiger partial charge in [0, 0.05) is 19.2 Å². The molecule has 1 aliphatic heterocycles. The summed E-state index contributed by atoms with van der Waals surface area (Å²) in [6.07, 6.45) is 2.72. The van der Waals surface area contributed by atoms with Gasteiger partial charge in [-0.25, -0.2) is 9.37 Å². The molecule has 3 aromatic heterocycles. The Morgan fingerprint density at radius 2 is 2.06 bits per heavy atom. The molecule has 36 heavy (non-hydrogen) atoms. The number of pyridine rings is 1. The standard InChI is InChI=1S/C23H24FN7O5/c1-12(11-36-2)29-9-15-20(23(29)35)30(10-18(32)27-17-6-3-13(24)8-25-17)19-7-16(28-31(19)22(15)34)21(33)26-14-4-5-14/h3,6-8,12,14H,4-5,9-11H2,1-2H3,(H,26,33)(H,25,27,32). The van der Waals surface area contributed by atoms with E-state index in [-0.39, 0.29) is 60.2 Å². The van der Waals surface area contributed by atoms with Crippen LogP contribution in [0.1, 0.15) is 46.3 Å². The van der Waals surface area contributed by atoms with Gasteiger partial charge in [-0.15, -0.1) is 0 Å². The highest BCUT2D eigenvalue weighted by molar-refractivity contribution is 5.99. The first kappa shape index (κ1) is 23.6. The molecule has 12 nitrogen and oxygen atoms in total. The molecule has 5 rings (SSSR count).